The van der Waals surface area contributed by atoms with Gasteiger partial charge in [-0.15, -0.1) is 0 Å². The zero-order valence-corrected chi connectivity index (χ0v) is 20.8. The maximum Gasteiger partial charge on any atom is 0.295 e. The first-order valence-electron chi connectivity index (χ1n) is 11.7. The average Bonchev–Trinajstić information content (AvgIpc) is 3.04. The summed E-state index contributed by atoms with van der Waals surface area (Å²) in [7, 11) is 0. The molecule has 1 amide bonds. The fourth-order valence-corrected chi connectivity index (χ4v) is 4.34. The van der Waals surface area contributed by atoms with Gasteiger partial charge in [0.2, 0.25) is 0 Å². The van der Waals surface area contributed by atoms with Crippen molar-refractivity contribution in [2.75, 3.05) is 0 Å². The van der Waals surface area contributed by atoms with E-state index in [-0.39, 0.29) is 17.9 Å². The summed E-state index contributed by atoms with van der Waals surface area (Å²) in [5.74, 6) is -0.848. The first kappa shape index (κ1) is 24.3. The highest BCUT2D eigenvalue weighted by Gasteiger charge is 2.46. The second-order valence-electron chi connectivity index (χ2n) is 10.0. The molecule has 1 heterocycles. The van der Waals surface area contributed by atoms with E-state index in [9.17, 15) is 14.7 Å². The number of amides is 1. The molecule has 180 valence electrons. The molecule has 0 spiro atoms. The molecular formula is C30H31NO4. The number of hydrogen-bond acceptors (Lipinski definition) is 4. The number of aliphatic hydroxyl groups excluding tert-OH is 1. The molecule has 5 heteroatoms. The zero-order valence-electron chi connectivity index (χ0n) is 20.8. The van der Waals surface area contributed by atoms with Gasteiger partial charge in [0.15, 0.2) is 0 Å². The summed E-state index contributed by atoms with van der Waals surface area (Å²) in [6.07, 6.45) is 0. The Morgan fingerprint density at radius 1 is 0.914 bits per heavy atom. The van der Waals surface area contributed by atoms with Crippen molar-refractivity contribution < 1.29 is 19.4 Å². The van der Waals surface area contributed by atoms with Crippen LogP contribution in [0.5, 0.6) is 5.75 Å². The summed E-state index contributed by atoms with van der Waals surface area (Å²) in [5.41, 5.74) is 3.77. The van der Waals surface area contributed by atoms with Crippen molar-refractivity contribution >= 4 is 17.4 Å². The van der Waals surface area contributed by atoms with Gasteiger partial charge in [-0.25, -0.2) is 0 Å². The number of hydrogen-bond donors (Lipinski definition) is 1. The first-order chi connectivity index (χ1) is 16.5. The Morgan fingerprint density at radius 2 is 1.60 bits per heavy atom. The third-order valence-corrected chi connectivity index (χ3v) is 5.95. The molecule has 0 aliphatic carbocycles. The zero-order chi connectivity index (χ0) is 25.3. The molecule has 3 aromatic carbocycles. The number of ether oxygens (including phenoxy) is 1. The molecule has 5 nitrogen and oxygen atoms in total. The van der Waals surface area contributed by atoms with Crippen molar-refractivity contribution in [3.8, 4) is 5.75 Å². The highest BCUT2D eigenvalue weighted by atomic mass is 16.5. The van der Waals surface area contributed by atoms with Crippen LogP contribution in [0.1, 0.15) is 54.6 Å². The predicted molar refractivity (Wildman–Crippen MR) is 137 cm³/mol. The molecular weight excluding hydrogens is 438 g/mol. The number of para-hydroxylation sites is 1. The molecule has 1 atom stereocenters. The maximum absolute atomic E-state index is 13.4. The second kappa shape index (κ2) is 9.41. The molecule has 3 aromatic rings. The number of rotatable bonds is 5. The van der Waals surface area contributed by atoms with Crippen molar-refractivity contribution in [1.82, 2.24) is 4.90 Å². The van der Waals surface area contributed by atoms with Crippen LogP contribution in [0.4, 0.5) is 0 Å². The molecule has 1 saturated heterocycles. The molecule has 1 N–H and O–H groups in total. The summed E-state index contributed by atoms with van der Waals surface area (Å²) < 4.78 is 6.14. The summed E-state index contributed by atoms with van der Waals surface area (Å²) in [6, 6.07) is 21.8. The minimum atomic E-state index is -0.723. The lowest BCUT2D eigenvalue weighted by atomic mass is 9.94. The van der Waals surface area contributed by atoms with Gasteiger partial charge in [0.1, 0.15) is 17.1 Å². The van der Waals surface area contributed by atoms with Crippen LogP contribution in [0.15, 0.2) is 78.4 Å². The lowest BCUT2D eigenvalue weighted by molar-refractivity contribution is -0.140. The number of aryl methyl sites for hydroxylation is 2. The lowest BCUT2D eigenvalue weighted by Crippen LogP contribution is -2.30. The molecule has 0 radical (unpaired) electrons. The molecule has 0 aromatic heterocycles. The largest absolute Gasteiger partial charge is 0.507 e. The number of likely N-dealkylation sites (tertiary alicyclic amines) is 1. The number of benzene rings is 3. The van der Waals surface area contributed by atoms with Crippen molar-refractivity contribution in [3.63, 3.8) is 0 Å². The second-order valence-corrected chi connectivity index (χ2v) is 10.0. The van der Waals surface area contributed by atoms with Crippen LogP contribution in [-0.2, 0) is 16.1 Å². The topological polar surface area (TPSA) is 66.8 Å². The molecule has 1 fully saturated rings. The van der Waals surface area contributed by atoms with Crippen LogP contribution in [0.3, 0.4) is 0 Å². The molecule has 1 unspecified atom stereocenters. The van der Waals surface area contributed by atoms with Gasteiger partial charge < -0.3 is 14.7 Å². The van der Waals surface area contributed by atoms with E-state index in [1.807, 2.05) is 95.3 Å². The molecule has 0 bridgehead atoms. The smallest absolute Gasteiger partial charge is 0.295 e. The average molecular weight is 470 g/mol. The predicted octanol–water partition coefficient (Wildman–Crippen LogP) is 6.10. The standard InChI is InChI=1S/C30H31NO4/c1-19-13-15-21(16-14-19)27(32)25-26(22-11-8-9-20(2)17-22)31(29(34)28(25)33)18-23-10-6-7-12-24(23)35-30(3,4)5/h6-17,26,32H,18H2,1-5H3/b27-25+. The van der Waals surface area contributed by atoms with Gasteiger partial charge in [-0.05, 0) is 46.2 Å². The third kappa shape index (κ3) is 5.14. The van der Waals surface area contributed by atoms with Crippen LogP contribution in [0.2, 0.25) is 0 Å². The summed E-state index contributed by atoms with van der Waals surface area (Å²) in [4.78, 5) is 28.2. The Hall–Kier alpha value is -3.86. The summed E-state index contributed by atoms with van der Waals surface area (Å²) >= 11 is 0. The van der Waals surface area contributed by atoms with Gasteiger partial charge in [-0.2, -0.15) is 0 Å². The van der Waals surface area contributed by atoms with Gasteiger partial charge >= 0.3 is 0 Å². The molecule has 0 saturated carbocycles. The van der Waals surface area contributed by atoms with Crippen molar-refractivity contribution in [2.45, 2.75) is 52.8 Å². The normalized spacial score (nSPS) is 17.6. The van der Waals surface area contributed by atoms with Crippen LogP contribution in [0.25, 0.3) is 5.76 Å². The van der Waals surface area contributed by atoms with E-state index >= 15 is 0 Å². The maximum atomic E-state index is 13.4. The van der Waals surface area contributed by atoms with E-state index in [2.05, 4.69) is 0 Å². The highest BCUT2D eigenvalue weighted by Crippen LogP contribution is 2.41. The minimum absolute atomic E-state index is 0.0960. The Balaban J connectivity index is 1.85. The Labute approximate surface area is 206 Å². The number of carbonyl (C=O) groups excluding carboxylic acids is 2. The number of ketones is 1. The Kier molecular flexibility index (Phi) is 6.53. The number of aliphatic hydroxyl groups is 1. The summed E-state index contributed by atoms with van der Waals surface area (Å²) in [5, 5.41) is 11.2. The SMILES string of the molecule is Cc1ccc(/C(O)=C2\C(=O)C(=O)N(Cc3ccccc3OC(C)(C)C)C2c2cccc(C)c2)cc1. The molecule has 35 heavy (non-hydrogen) atoms. The van der Waals surface area contributed by atoms with Gasteiger partial charge in [-0.3, -0.25) is 9.59 Å². The Morgan fingerprint density at radius 3 is 2.26 bits per heavy atom. The van der Waals surface area contributed by atoms with E-state index in [1.165, 1.54) is 4.90 Å². The van der Waals surface area contributed by atoms with E-state index in [0.29, 0.717) is 11.3 Å². The summed E-state index contributed by atoms with van der Waals surface area (Å²) in [6.45, 7) is 9.97. The van der Waals surface area contributed by atoms with Gasteiger partial charge in [0.25, 0.3) is 11.7 Å². The lowest BCUT2D eigenvalue weighted by Gasteiger charge is -2.28. The van der Waals surface area contributed by atoms with Crippen molar-refractivity contribution in [3.05, 3.63) is 106 Å². The first-order valence-corrected chi connectivity index (χ1v) is 11.7. The molecule has 4 rings (SSSR count). The van der Waals surface area contributed by atoms with E-state index < -0.39 is 23.3 Å². The molecule has 1 aliphatic heterocycles. The van der Waals surface area contributed by atoms with E-state index in [1.54, 1.807) is 12.1 Å². The quantitative estimate of drug-likeness (QED) is 0.278. The minimum Gasteiger partial charge on any atom is -0.507 e. The number of carbonyl (C=O) groups is 2. The fourth-order valence-electron chi connectivity index (χ4n) is 4.34. The van der Waals surface area contributed by atoms with Crippen LogP contribution in [0, 0.1) is 13.8 Å². The van der Waals surface area contributed by atoms with Crippen molar-refractivity contribution in [1.29, 1.82) is 0 Å². The Bertz CT molecular complexity index is 1300. The monoisotopic (exact) mass is 469 g/mol. The number of nitrogens with zero attached hydrogens (tertiary/aromatic N) is 1. The number of Topliss-reactive ketones (excluding diaryl/α,β-unsaturated/α-hetero) is 1. The van der Waals surface area contributed by atoms with E-state index in [4.69, 9.17) is 4.74 Å². The van der Waals surface area contributed by atoms with Gasteiger partial charge in [0.05, 0.1) is 18.2 Å². The molecule has 1 aliphatic rings. The van der Waals surface area contributed by atoms with Crippen molar-refractivity contribution in [2.24, 2.45) is 0 Å². The third-order valence-electron chi connectivity index (χ3n) is 5.95. The van der Waals surface area contributed by atoms with Crippen LogP contribution >= 0.6 is 0 Å². The highest BCUT2D eigenvalue weighted by molar-refractivity contribution is 6.46. The van der Waals surface area contributed by atoms with Gasteiger partial charge in [-0.1, -0.05) is 77.9 Å². The van der Waals surface area contributed by atoms with Crippen LogP contribution < -0.4 is 4.74 Å². The van der Waals surface area contributed by atoms with Gasteiger partial charge in [0, 0.05) is 11.1 Å². The van der Waals surface area contributed by atoms with E-state index in [0.717, 1.165) is 22.3 Å². The van der Waals surface area contributed by atoms with Crippen LogP contribution in [-0.4, -0.2) is 27.3 Å². The fraction of sp³-hybridized carbons (Fsp3) is 0.267.